The minimum atomic E-state index is -0.453. The van der Waals surface area contributed by atoms with Gasteiger partial charge in [-0.05, 0) is 38.5 Å². The number of hydrogen-bond donors (Lipinski definition) is 1. The van der Waals surface area contributed by atoms with Gasteiger partial charge in [0.25, 0.3) is 5.91 Å². The first-order valence-corrected chi connectivity index (χ1v) is 5.78. The van der Waals surface area contributed by atoms with E-state index >= 15 is 0 Å². The number of hydrogen-bond acceptors (Lipinski definition) is 2. The fourth-order valence-corrected chi connectivity index (χ4v) is 1.58. The van der Waals surface area contributed by atoms with Gasteiger partial charge in [-0.1, -0.05) is 22.0 Å². The van der Waals surface area contributed by atoms with Gasteiger partial charge in [0.2, 0.25) is 0 Å². The Balaban J connectivity index is 2.88. The Labute approximate surface area is 103 Å². The zero-order valence-corrected chi connectivity index (χ0v) is 11.1. The van der Waals surface area contributed by atoms with Gasteiger partial charge in [-0.15, -0.1) is 0 Å². The summed E-state index contributed by atoms with van der Waals surface area (Å²) < 4.78 is 0.846. The molecule has 86 valence electrons. The van der Waals surface area contributed by atoms with Crippen LogP contribution in [0.25, 0.3) is 0 Å². The predicted octanol–water partition coefficient (Wildman–Crippen LogP) is 2.46. The molecule has 0 radical (unpaired) electrons. The van der Waals surface area contributed by atoms with E-state index < -0.39 is 6.04 Å². The van der Waals surface area contributed by atoms with E-state index in [1.165, 1.54) is 6.92 Å². The Morgan fingerprint density at radius 1 is 1.38 bits per heavy atom. The highest BCUT2D eigenvalue weighted by atomic mass is 79.9. The van der Waals surface area contributed by atoms with Gasteiger partial charge in [0.05, 0.1) is 6.04 Å². The van der Waals surface area contributed by atoms with Gasteiger partial charge in [-0.3, -0.25) is 9.59 Å². The summed E-state index contributed by atoms with van der Waals surface area (Å²) in [5.41, 5.74) is 1.47. The van der Waals surface area contributed by atoms with E-state index in [1.807, 2.05) is 19.1 Å². The largest absolute Gasteiger partial charge is 0.343 e. The van der Waals surface area contributed by atoms with Crippen molar-refractivity contribution in [3.8, 4) is 0 Å². The lowest BCUT2D eigenvalue weighted by atomic mass is 10.1. The Bertz CT molecular complexity index is 429. The van der Waals surface area contributed by atoms with Crippen LogP contribution in [0.1, 0.15) is 29.8 Å². The zero-order chi connectivity index (χ0) is 12.3. The molecule has 0 aliphatic heterocycles. The minimum Gasteiger partial charge on any atom is -0.343 e. The van der Waals surface area contributed by atoms with Gasteiger partial charge in [-0.25, -0.2) is 0 Å². The third-order valence-corrected chi connectivity index (χ3v) is 2.89. The number of carbonyl (C=O) groups is 2. The van der Waals surface area contributed by atoms with Gasteiger partial charge in [0, 0.05) is 10.0 Å². The SMILES string of the molecule is CC(=O)C(C)NC(=O)c1cc(Br)ccc1C. The van der Waals surface area contributed by atoms with Crippen LogP contribution >= 0.6 is 15.9 Å². The van der Waals surface area contributed by atoms with E-state index in [4.69, 9.17) is 0 Å². The molecule has 4 heteroatoms. The number of nitrogens with one attached hydrogen (secondary N) is 1. The third-order valence-electron chi connectivity index (χ3n) is 2.40. The molecule has 3 nitrogen and oxygen atoms in total. The summed E-state index contributed by atoms with van der Waals surface area (Å²) in [7, 11) is 0. The second-order valence-electron chi connectivity index (χ2n) is 3.77. The van der Waals surface area contributed by atoms with Crippen molar-refractivity contribution >= 4 is 27.6 Å². The summed E-state index contributed by atoms with van der Waals surface area (Å²) in [4.78, 5) is 22.9. The number of rotatable bonds is 3. The maximum absolute atomic E-state index is 11.8. The molecular formula is C12H14BrNO2. The van der Waals surface area contributed by atoms with E-state index in [0.29, 0.717) is 5.56 Å². The average Bonchev–Trinajstić information content (AvgIpc) is 2.21. The van der Waals surface area contributed by atoms with Gasteiger partial charge >= 0.3 is 0 Å². The Hall–Kier alpha value is -1.16. The van der Waals surface area contributed by atoms with Gasteiger partial charge in [-0.2, -0.15) is 0 Å². The van der Waals surface area contributed by atoms with Crippen molar-refractivity contribution in [2.24, 2.45) is 0 Å². The number of amides is 1. The summed E-state index contributed by atoms with van der Waals surface area (Å²) in [6.07, 6.45) is 0. The maximum atomic E-state index is 11.8. The molecule has 1 aromatic rings. The second-order valence-corrected chi connectivity index (χ2v) is 4.68. The van der Waals surface area contributed by atoms with Crippen LogP contribution in [-0.4, -0.2) is 17.7 Å². The van der Waals surface area contributed by atoms with E-state index in [0.717, 1.165) is 10.0 Å². The van der Waals surface area contributed by atoms with Crippen LogP contribution in [0.2, 0.25) is 0 Å². The monoisotopic (exact) mass is 283 g/mol. The smallest absolute Gasteiger partial charge is 0.252 e. The van der Waals surface area contributed by atoms with E-state index in [9.17, 15) is 9.59 Å². The fraction of sp³-hybridized carbons (Fsp3) is 0.333. The first-order valence-electron chi connectivity index (χ1n) is 4.99. The zero-order valence-electron chi connectivity index (χ0n) is 9.50. The maximum Gasteiger partial charge on any atom is 0.252 e. The van der Waals surface area contributed by atoms with Crippen LogP contribution in [0.5, 0.6) is 0 Å². The van der Waals surface area contributed by atoms with Gasteiger partial charge < -0.3 is 5.32 Å². The summed E-state index contributed by atoms with van der Waals surface area (Å²) in [6, 6.07) is 5.03. The molecule has 0 saturated heterocycles. The normalized spacial score (nSPS) is 12.0. The number of benzene rings is 1. The van der Waals surface area contributed by atoms with Crippen molar-refractivity contribution in [3.05, 3.63) is 33.8 Å². The predicted molar refractivity (Wildman–Crippen MR) is 66.5 cm³/mol. The van der Waals surface area contributed by atoms with Gasteiger partial charge in [0.1, 0.15) is 0 Å². The molecule has 0 aromatic heterocycles. The van der Waals surface area contributed by atoms with Crippen LogP contribution < -0.4 is 5.32 Å². The quantitative estimate of drug-likeness (QED) is 0.926. The van der Waals surface area contributed by atoms with Crippen molar-refractivity contribution in [3.63, 3.8) is 0 Å². The molecule has 0 spiro atoms. The summed E-state index contributed by atoms with van der Waals surface area (Å²) >= 11 is 3.31. The van der Waals surface area contributed by atoms with E-state index in [2.05, 4.69) is 21.2 Å². The van der Waals surface area contributed by atoms with Crippen LogP contribution in [0.4, 0.5) is 0 Å². The molecule has 0 saturated carbocycles. The standard InChI is InChI=1S/C12H14BrNO2/c1-7-4-5-10(13)6-11(7)12(16)14-8(2)9(3)15/h4-6,8H,1-3H3,(H,14,16). The molecule has 1 atom stereocenters. The third kappa shape index (κ3) is 3.17. The topological polar surface area (TPSA) is 46.2 Å². The lowest BCUT2D eigenvalue weighted by Gasteiger charge is -2.12. The minimum absolute atomic E-state index is 0.0546. The van der Waals surface area contributed by atoms with Crippen LogP contribution in [-0.2, 0) is 4.79 Å². The van der Waals surface area contributed by atoms with Crippen molar-refractivity contribution in [2.75, 3.05) is 0 Å². The molecular weight excluding hydrogens is 270 g/mol. The molecule has 0 heterocycles. The van der Waals surface area contributed by atoms with Crippen LogP contribution in [0, 0.1) is 6.92 Å². The number of halogens is 1. The second kappa shape index (κ2) is 5.25. The molecule has 1 amide bonds. The molecule has 0 aliphatic rings. The van der Waals surface area contributed by atoms with E-state index in [1.54, 1.807) is 13.0 Å². The first kappa shape index (κ1) is 12.9. The molecule has 0 aliphatic carbocycles. The molecule has 1 rings (SSSR count). The lowest BCUT2D eigenvalue weighted by molar-refractivity contribution is -0.118. The molecule has 0 fully saturated rings. The Morgan fingerprint density at radius 2 is 2.00 bits per heavy atom. The van der Waals surface area contributed by atoms with Gasteiger partial charge in [0.15, 0.2) is 5.78 Å². The van der Waals surface area contributed by atoms with Crippen molar-refractivity contribution in [1.29, 1.82) is 0 Å². The Morgan fingerprint density at radius 3 is 2.56 bits per heavy atom. The highest BCUT2D eigenvalue weighted by Crippen LogP contribution is 2.16. The lowest BCUT2D eigenvalue weighted by Crippen LogP contribution is -2.37. The highest BCUT2D eigenvalue weighted by Gasteiger charge is 2.14. The van der Waals surface area contributed by atoms with Crippen molar-refractivity contribution < 1.29 is 9.59 Å². The summed E-state index contributed by atoms with van der Waals surface area (Å²) in [5, 5.41) is 2.65. The number of ketones is 1. The summed E-state index contributed by atoms with van der Waals surface area (Å²) in [5.74, 6) is -0.275. The van der Waals surface area contributed by atoms with Crippen LogP contribution in [0.15, 0.2) is 22.7 Å². The Kier molecular flexibility index (Phi) is 4.24. The molecule has 16 heavy (non-hydrogen) atoms. The van der Waals surface area contributed by atoms with Crippen molar-refractivity contribution in [2.45, 2.75) is 26.8 Å². The van der Waals surface area contributed by atoms with E-state index in [-0.39, 0.29) is 11.7 Å². The van der Waals surface area contributed by atoms with Crippen LogP contribution in [0.3, 0.4) is 0 Å². The average molecular weight is 284 g/mol. The number of Topliss-reactive ketones (excluding diaryl/α,β-unsaturated/α-hetero) is 1. The fourth-order valence-electron chi connectivity index (χ4n) is 1.21. The first-order chi connectivity index (χ1) is 7.41. The summed E-state index contributed by atoms with van der Waals surface area (Å²) in [6.45, 7) is 4.99. The number of aryl methyl sites for hydroxylation is 1. The molecule has 1 N–H and O–H groups in total. The molecule has 0 bridgehead atoms. The molecule has 1 unspecified atom stereocenters. The molecule has 1 aromatic carbocycles. The van der Waals surface area contributed by atoms with Crippen molar-refractivity contribution in [1.82, 2.24) is 5.32 Å². The highest BCUT2D eigenvalue weighted by molar-refractivity contribution is 9.10. The number of carbonyl (C=O) groups excluding carboxylic acids is 2.